The van der Waals surface area contributed by atoms with Crippen molar-refractivity contribution in [1.29, 1.82) is 0 Å². The summed E-state index contributed by atoms with van der Waals surface area (Å²) in [6.45, 7) is 6.58. The topological polar surface area (TPSA) is 99.4 Å². The first-order chi connectivity index (χ1) is 11.9. The molecule has 0 heterocycles. The molecule has 0 aromatic rings. The lowest BCUT2D eigenvalue weighted by Crippen LogP contribution is -2.38. The number of rotatable bonds is 16. The van der Waals surface area contributed by atoms with Crippen molar-refractivity contribution in [1.82, 2.24) is 4.90 Å². The predicted molar refractivity (Wildman–Crippen MR) is 101 cm³/mol. The first-order valence-electron chi connectivity index (χ1n) is 9.45. The number of hydrogen-bond acceptors (Lipinski definition) is 6. The number of nitroso groups, excluding NO2 is 2. The van der Waals surface area contributed by atoms with Crippen LogP contribution in [0.2, 0.25) is 0 Å². The second-order valence-electron chi connectivity index (χ2n) is 7.11. The van der Waals surface area contributed by atoms with E-state index in [2.05, 4.69) is 22.2 Å². The molecule has 0 aromatic heterocycles. The molecule has 7 nitrogen and oxygen atoms in total. The normalized spacial score (nSPS) is 16.2. The Morgan fingerprint density at radius 3 is 2.16 bits per heavy atom. The summed E-state index contributed by atoms with van der Waals surface area (Å²) in [5, 5.41) is 15.3. The second kappa shape index (κ2) is 13.9. The van der Waals surface area contributed by atoms with Gasteiger partial charge in [0, 0.05) is 6.04 Å². The maximum absolute atomic E-state index is 11.0. The Kier molecular flexibility index (Phi) is 13.1. The first kappa shape index (κ1) is 23.6. The van der Waals surface area contributed by atoms with Crippen LogP contribution in [0.3, 0.4) is 0 Å². The van der Waals surface area contributed by atoms with Crippen molar-refractivity contribution in [2.75, 3.05) is 13.6 Å². The van der Waals surface area contributed by atoms with E-state index >= 15 is 0 Å². The molecule has 0 amide bonds. The number of unbranched alkanes of at least 4 members (excludes halogenated alkanes) is 1. The Bertz CT molecular complexity index is 393. The predicted octanol–water partition coefficient (Wildman–Crippen LogP) is 4.44. The van der Waals surface area contributed by atoms with E-state index in [1.54, 1.807) is 6.92 Å². The highest BCUT2D eigenvalue weighted by atomic mass is 16.4. The number of hydrogen-bond donors (Lipinski definition) is 1. The summed E-state index contributed by atoms with van der Waals surface area (Å²) >= 11 is 0. The van der Waals surface area contributed by atoms with E-state index in [0.29, 0.717) is 25.7 Å². The van der Waals surface area contributed by atoms with Crippen LogP contribution < -0.4 is 0 Å². The number of carbonyl (C=O) groups is 1. The van der Waals surface area contributed by atoms with E-state index < -0.39 is 5.97 Å². The zero-order chi connectivity index (χ0) is 19.2. The second-order valence-corrected chi connectivity index (χ2v) is 7.11. The highest BCUT2D eigenvalue weighted by Crippen LogP contribution is 2.17. The Morgan fingerprint density at radius 2 is 1.64 bits per heavy atom. The van der Waals surface area contributed by atoms with Crippen molar-refractivity contribution in [3.8, 4) is 0 Å². The van der Waals surface area contributed by atoms with Crippen LogP contribution >= 0.6 is 0 Å². The van der Waals surface area contributed by atoms with Gasteiger partial charge in [-0.15, -0.1) is 0 Å². The Hall–Kier alpha value is -1.37. The third-order valence-corrected chi connectivity index (χ3v) is 5.03. The first-order valence-corrected chi connectivity index (χ1v) is 9.45. The van der Waals surface area contributed by atoms with Gasteiger partial charge in [-0.25, -0.2) is 0 Å². The lowest BCUT2D eigenvalue weighted by molar-refractivity contribution is -0.141. The van der Waals surface area contributed by atoms with Gasteiger partial charge >= 0.3 is 5.97 Å². The van der Waals surface area contributed by atoms with E-state index in [0.717, 1.165) is 32.2 Å². The molecule has 0 radical (unpaired) electrons. The molecule has 4 atom stereocenters. The molecule has 7 heteroatoms. The molecule has 0 aliphatic carbocycles. The number of aliphatic carboxylic acids is 1. The Labute approximate surface area is 151 Å². The van der Waals surface area contributed by atoms with Crippen molar-refractivity contribution >= 4 is 5.97 Å². The molecular formula is C18H35N3O4. The van der Waals surface area contributed by atoms with Crippen LogP contribution in [0.1, 0.15) is 72.1 Å². The summed E-state index contributed by atoms with van der Waals surface area (Å²) in [5.74, 6) is -1.18. The van der Waals surface area contributed by atoms with Gasteiger partial charge in [0.05, 0.1) is 12.0 Å². The van der Waals surface area contributed by atoms with Crippen LogP contribution in [0, 0.1) is 15.7 Å². The van der Waals surface area contributed by atoms with E-state index in [4.69, 9.17) is 5.11 Å². The molecule has 0 aromatic carbocycles. The molecule has 0 rings (SSSR count). The maximum Gasteiger partial charge on any atom is 0.306 e. The maximum atomic E-state index is 11.0. The highest BCUT2D eigenvalue weighted by Gasteiger charge is 2.21. The number of likely N-dealkylation sites (N-methyl/N-ethyl adjacent to an activating group) is 1. The largest absolute Gasteiger partial charge is 0.481 e. The number of nitrogens with zero attached hydrogens (tertiary/aromatic N) is 3. The molecule has 1 N–H and O–H groups in total. The van der Waals surface area contributed by atoms with Crippen LogP contribution in [0.4, 0.5) is 0 Å². The smallest absolute Gasteiger partial charge is 0.306 e. The van der Waals surface area contributed by atoms with Gasteiger partial charge in [0.25, 0.3) is 0 Å². The van der Waals surface area contributed by atoms with Gasteiger partial charge in [-0.1, -0.05) is 43.5 Å². The molecule has 25 heavy (non-hydrogen) atoms. The fourth-order valence-electron chi connectivity index (χ4n) is 2.90. The molecule has 0 aliphatic heterocycles. The molecule has 0 aliphatic rings. The number of carboxylic acids is 1. The SMILES string of the molecule is CCCCC(N=O)[C@@H](C)N(C)CCCC(CCC[C@@H](C)C(=O)O)N=O. The molecule has 0 fully saturated rings. The zero-order valence-electron chi connectivity index (χ0n) is 16.2. The van der Waals surface area contributed by atoms with Gasteiger partial charge in [0.1, 0.15) is 6.04 Å². The molecule has 2 unspecified atom stereocenters. The van der Waals surface area contributed by atoms with Gasteiger partial charge in [-0.3, -0.25) is 4.79 Å². The van der Waals surface area contributed by atoms with Gasteiger partial charge in [-0.2, -0.15) is 9.81 Å². The fraction of sp³-hybridized carbons (Fsp3) is 0.944. The van der Waals surface area contributed by atoms with Gasteiger partial charge in [0.2, 0.25) is 0 Å². The molecule has 0 spiro atoms. The standard InChI is InChI=1S/C18H35N3O4/c1-5-6-12-17(20-25)15(3)21(4)13-8-11-16(19-24)10-7-9-14(2)18(22)23/h14-17H,5-13H2,1-4H3,(H,22,23)/t14-,15-,16?,17?/m1/s1. The summed E-state index contributed by atoms with van der Waals surface area (Å²) in [7, 11) is 1.98. The van der Waals surface area contributed by atoms with Crippen LogP contribution in [0.5, 0.6) is 0 Å². The quantitative estimate of drug-likeness (QED) is 0.412. The van der Waals surface area contributed by atoms with Crippen molar-refractivity contribution in [3.63, 3.8) is 0 Å². The van der Waals surface area contributed by atoms with Crippen molar-refractivity contribution in [2.24, 2.45) is 16.3 Å². The molecular weight excluding hydrogens is 322 g/mol. The summed E-state index contributed by atoms with van der Waals surface area (Å²) in [5.41, 5.74) is 0. The van der Waals surface area contributed by atoms with Gasteiger partial charge < -0.3 is 10.0 Å². The minimum absolute atomic E-state index is 0.0862. The van der Waals surface area contributed by atoms with Gasteiger partial charge in [0.15, 0.2) is 0 Å². The van der Waals surface area contributed by atoms with E-state index in [9.17, 15) is 14.6 Å². The monoisotopic (exact) mass is 357 g/mol. The summed E-state index contributed by atoms with van der Waals surface area (Å²) in [4.78, 5) is 34.9. The summed E-state index contributed by atoms with van der Waals surface area (Å²) in [6.07, 6.45) is 6.28. The number of carboxylic acid groups (broad SMARTS) is 1. The molecule has 0 saturated carbocycles. The fourth-order valence-corrected chi connectivity index (χ4v) is 2.90. The third-order valence-electron chi connectivity index (χ3n) is 5.03. The van der Waals surface area contributed by atoms with Crippen LogP contribution in [0.25, 0.3) is 0 Å². The minimum Gasteiger partial charge on any atom is -0.481 e. The van der Waals surface area contributed by atoms with Crippen molar-refractivity contribution < 1.29 is 9.90 Å². The van der Waals surface area contributed by atoms with E-state index in [1.807, 2.05) is 14.0 Å². The van der Waals surface area contributed by atoms with Crippen molar-refractivity contribution in [2.45, 2.75) is 90.3 Å². The average molecular weight is 357 g/mol. The summed E-state index contributed by atoms with van der Waals surface area (Å²) in [6, 6.07) is -0.365. The zero-order valence-corrected chi connectivity index (χ0v) is 16.2. The lowest BCUT2D eigenvalue weighted by atomic mass is 9.99. The van der Waals surface area contributed by atoms with Crippen molar-refractivity contribution in [3.05, 3.63) is 9.81 Å². The molecule has 0 bridgehead atoms. The Morgan fingerprint density at radius 1 is 1.00 bits per heavy atom. The van der Waals surface area contributed by atoms with E-state index in [1.165, 1.54) is 0 Å². The third kappa shape index (κ3) is 10.3. The Balaban J connectivity index is 4.12. The van der Waals surface area contributed by atoms with Crippen LogP contribution in [0.15, 0.2) is 10.4 Å². The van der Waals surface area contributed by atoms with Crippen LogP contribution in [-0.4, -0.2) is 47.7 Å². The highest BCUT2D eigenvalue weighted by molar-refractivity contribution is 5.69. The molecule has 146 valence electrons. The molecule has 0 saturated heterocycles. The van der Waals surface area contributed by atoms with E-state index in [-0.39, 0.29) is 24.0 Å². The van der Waals surface area contributed by atoms with Gasteiger partial charge in [-0.05, 0) is 52.6 Å². The van der Waals surface area contributed by atoms with Crippen LogP contribution in [-0.2, 0) is 4.79 Å². The summed E-state index contributed by atoms with van der Waals surface area (Å²) < 4.78 is 0. The lowest BCUT2D eigenvalue weighted by Gasteiger charge is -2.28. The minimum atomic E-state index is -0.798. The average Bonchev–Trinajstić information content (AvgIpc) is 2.60.